The Morgan fingerprint density at radius 1 is 1.00 bits per heavy atom. The second-order valence-electron chi connectivity index (χ2n) is 9.27. The van der Waals surface area contributed by atoms with Crippen LogP contribution in [0.4, 0.5) is 0 Å². The predicted octanol–water partition coefficient (Wildman–Crippen LogP) is 5.49. The molecule has 188 valence electrons. The molecule has 35 heavy (non-hydrogen) atoms. The highest BCUT2D eigenvalue weighted by atomic mass is 32.1. The van der Waals surface area contributed by atoms with Gasteiger partial charge in [-0.25, -0.2) is 4.98 Å². The van der Waals surface area contributed by atoms with Crippen molar-refractivity contribution >= 4 is 17.2 Å². The monoisotopic (exact) mass is 495 g/mol. The number of hydrogen-bond acceptors (Lipinski definition) is 6. The summed E-state index contributed by atoms with van der Waals surface area (Å²) in [5, 5.41) is 5.84. The zero-order valence-electron chi connectivity index (χ0n) is 21.6. The number of ether oxygens (including phenoxy) is 2. The summed E-state index contributed by atoms with van der Waals surface area (Å²) in [6.45, 7) is 10.6. The fraction of sp³-hybridized carbons (Fsp3) is 0.429. The van der Waals surface area contributed by atoms with E-state index in [2.05, 4.69) is 66.3 Å². The van der Waals surface area contributed by atoms with Crippen molar-refractivity contribution in [2.45, 2.75) is 53.2 Å². The molecular weight excluding hydrogens is 458 g/mol. The summed E-state index contributed by atoms with van der Waals surface area (Å²) in [6.07, 6.45) is 0.858. The predicted molar refractivity (Wildman–Crippen MR) is 142 cm³/mol. The molecule has 0 aliphatic carbocycles. The Labute approximate surface area is 213 Å². The summed E-state index contributed by atoms with van der Waals surface area (Å²) < 4.78 is 10.8. The molecule has 7 heteroatoms. The van der Waals surface area contributed by atoms with Crippen LogP contribution in [-0.2, 0) is 19.5 Å². The van der Waals surface area contributed by atoms with Gasteiger partial charge in [-0.1, -0.05) is 49.7 Å². The number of nitrogens with zero attached hydrogens (tertiary/aromatic N) is 2. The summed E-state index contributed by atoms with van der Waals surface area (Å²) in [5.74, 6) is 1.73. The van der Waals surface area contributed by atoms with Crippen LogP contribution in [0.5, 0.6) is 11.5 Å². The van der Waals surface area contributed by atoms with Crippen molar-refractivity contribution in [3.63, 3.8) is 0 Å². The van der Waals surface area contributed by atoms with Crippen LogP contribution in [0.15, 0.2) is 47.8 Å². The first-order valence-corrected chi connectivity index (χ1v) is 12.9. The molecule has 1 aromatic heterocycles. The first kappa shape index (κ1) is 26.7. The minimum atomic E-state index is -0.107. The van der Waals surface area contributed by atoms with Crippen LogP contribution in [0.3, 0.4) is 0 Å². The van der Waals surface area contributed by atoms with Crippen LogP contribution >= 0.6 is 11.3 Å². The molecule has 0 aliphatic heterocycles. The largest absolute Gasteiger partial charge is 0.493 e. The Bertz CT molecular complexity index is 1100. The van der Waals surface area contributed by atoms with Gasteiger partial charge in [0.05, 0.1) is 20.8 Å². The number of benzene rings is 2. The van der Waals surface area contributed by atoms with Gasteiger partial charge in [-0.15, -0.1) is 11.3 Å². The van der Waals surface area contributed by atoms with Crippen LogP contribution in [-0.4, -0.2) is 42.6 Å². The van der Waals surface area contributed by atoms with Crippen molar-refractivity contribution in [1.82, 2.24) is 15.2 Å². The number of nitrogens with one attached hydrogen (secondary N) is 1. The number of aryl methyl sites for hydroxylation is 1. The molecule has 1 heterocycles. The van der Waals surface area contributed by atoms with E-state index in [0.717, 1.165) is 36.0 Å². The first-order valence-electron chi connectivity index (χ1n) is 12.0. The minimum Gasteiger partial charge on any atom is -0.493 e. The van der Waals surface area contributed by atoms with Gasteiger partial charge < -0.3 is 14.8 Å². The number of carbonyl (C=O) groups excluding carboxylic acids is 1. The van der Waals surface area contributed by atoms with Crippen LogP contribution in [0, 0.1) is 12.8 Å². The lowest BCUT2D eigenvalue weighted by Crippen LogP contribution is -2.36. The molecule has 1 amide bonds. The summed E-state index contributed by atoms with van der Waals surface area (Å²) in [6, 6.07) is 14.8. The third-order valence-electron chi connectivity index (χ3n) is 6.19. The Balaban J connectivity index is 1.72. The summed E-state index contributed by atoms with van der Waals surface area (Å²) in [7, 11) is 3.30. The molecule has 1 atom stereocenters. The fourth-order valence-corrected chi connectivity index (χ4v) is 4.43. The average Bonchev–Trinajstić information content (AvgIpc) is 3.32. The van der Waals surface area contributed by atoms with E-state index in [1.54, 1.807) is 14.2 Å². The lowest BCUT2D eigenvalue weighted by Gasteiger charge is -2.22. The Morgan fingerprint density at radius 3 is 2.34 bits per heavy atom. The second-order valence-corrected chi connectivity index (χ2v) is 10.2. The number of amides is 1. The molecule has 3 aromatic rings. The highest BCUT2D eigenvalue weighted by molar-refractivity contribution is 7.09. The van der Waals surface area contributed by atoms with Gasteiger partial charge in [0.2, 0.25) is 0 Å². The van der Waals surface area contributed by atoms with E-state index < -0.39 is 0 Å². The molecule has 1 unspecified atom stereocenters. The van der Waals surface area contributed by atoms with E-state index in [-0.39, 0.29) is 11.9 Å². The maximum atomic E-state index is 12.6. The highest BCUT2D eigenvalue weighted by Gasteiger charge is 2.17. The van der Waals surface area contributed by atoms with Gasteiger partial charge in [0.1, 0.15) is 10.7 Å². The average molecular weight is 496 g/mol. The number of aromatic nitrogens is 1. The van der Waals surface area contributed by atoms with Gasteiger partial charge in [-0.05, 0) is 49.4 Å². The third-order valence-corrected chi connectivity index (χ3v) is 7.03. The van der Waals surface area contributed by atoms with E-state index in [0.29, 0.717) is 18.2 Å². The van der Waals surface area contributed by atoms with Gasteiger partial charge in [0.25, 0.3) is 5.91 Å². The molecule has 0 radical (unpaired) electrons. The summed E-state index contributed by atoms with van der Waals surface area (Å²) in [5.41, 5.74) is 4.17. The zero-order chi connectivity index (χ0) is 25.4. The molecular formula is C28H37N3O3S. The maximum absolute atomic E-state index is 12.6. The first-order chi connectivity index (χ1) is 16.8. The molecule has 2 aromatic carbocycles. The standard InChI is InChI=1S/C28H37N3O3S/c1-19(2)21(4)29-28(32)24-18-35-27(30-24)17-31(16-23-9-7-20(3)8-10-23)14-13-22-11-12-25(33-5)26(15-22)34-6/h7-12,15,18-19,21H,13-14,16-17H2,1-6H3,(H,29,32). The summed E-state index contributed by atoms with van der Waals surface area (Å²) in [4.78, 5) is 19.6. The van der Waals surface area contributed by atoms with Crippen LogP contribution < -0.4 is 14.8 Å². The number of methoxy groups -OCH3 is 2. The van der Waals surface area contributed by atoms with E-state index in [4.69, 9.17) is 9.47 Å². The van der Waals surface area contributed by atoms with Crippen LogP contribution in [0.1, 0.15) is 53.0 Å². The SMILES string of the molecule is COc1ccc(CCN(Cc2ccc(C)cc2)Cc2nc(C(=O)NC(C)C(C)C)cs2)cc1OC. The Kier molecular flexibility index (Phi) is 9.69. The third kappa shape index (κ3) is 7.80. The minimum absolute atomic E-state index is 0.104. The molecule has 0 spiro atoms. The Morgan fingerprint density at radius 2 is 1.69 bits per heavy atom. The summed E-state index contributed by atoms with van der Waals surface area (Å²) >= 11 is 1.54. The molecule has 6 nitrogen and oxygen atoms in total. The Hall–Kier alpha value is -2.90. The molecule has 0 saturated heterocycles. The number of hydrogen-bond donors (Lipinski definition) is 1. The molecule has 0 fully saturated rings. The number of rotatable bonds is 12. The molecule has 0 bridgehead atoms. The number of carbonyl (C=O) groups is 1. The quantitative estimate of drug-likeness (QED) is 0.360. The van der Waals surface area contributed by atoms with Crippen LogP contribution in [0.25, 0.3) is 0 Å². The van der Waals surface area contributed by atoms with Gasteiger partial charge in [-0.3, -0.25) is 9.69 Å². The molecule has 1 N–H and O–H groups in total. The van der Waals surface area contributed by atoms with E-state index >= 15 is 0 Å². The number of thiazole rings is 1. The lowest BCUT2D eigenvalue weighted by molar-refractivity contribution is 0.0925. The van der Waals surface area contributed by atoms with Crippen LogP contribution in [0.2, 0.25) is 0 Å². The van der Waals surface area contributed by atoms with Crippen molar-refractivity contribution in [1.29, 1.82) is 0 Å². The smallest absolute Gasteiger partial charge is 0.270 e. The van der Waals surface area contributed by atoms with Gasteiger partial charge in [0.15, 0.2) is 11.5 Å². The van der Waals surface area contributed by atoms with E-state index in [1.165, 1.54) is 28.0 Å². The van der Waals surface area contributed by atoms with Gasteiger partial charge in [0, 0.05) is 24.5 Å². The van der Waals surface area contributed by atoms with Gasteiger partial charge >= 0.3 is 0 Å². The van der Waals surface area contributed by atoms with E-state index in [1.807, 2.05) is 24.4 Å². The fourth-order valence-electron chi connectivity index (χ4n) is 3.62. The van der Waals surface area contributed by atoms with E-state index in [9.17, 15) is 4.79 Å². The van der Waals surface area contributed by atoms with Crippen molar-refractivity contribution < 1.29 is 14.3 Å². The van der Waals surface area contributed by atoms with Crippen molar-refractivity contribution in [2.75, 3.05) is 20.8 Å². The normalized spacial score (nSPS) is 12.1. The van der Waals surface area contributed by atoms with Crippen molar-refractivity contribution in [3.05, 3.63) is 75.2 Å². The topological polar surface area (TPSA) is 63.7 Å². The zero-order valence-corrected chi connectivity index (χ0v) is 22.4. The van der Waals surface area contributed by atoms with Gasteiger partial charge in [-0.2, -0.15) is 0 Å². The highest BCUT2D eigenvalue weighted by Crippen LogP contribution is 2.28. The molecule has 0 saturated carbocycles. The second kappa shape index (κ2) is 12.7. The molecule has 3 rings (SSSR count). The lowest BCUT2D eigenvalue weighted by atomic mass is 10.1. The van der Waals surface area contributed by atoms with Crippen molar-refractivity contribution in [2.24, 2.45) is 5.92 Å². The molecule has 0 aliphatic rings. The van der Waals surface area contributed by atoms with Crippen molar-refractivity contribution in [3.8, 4) is 11.5 Å². The maximum Gasteiger partial charge on any atom is 0.270 e.